The van der Waals surface area contributed by atoms with Crippen LogP contribution in [0, 0.1) is 0 Å². The van der Waals surface area contributed by atoms with Gasteiger partial charge in [0.05, 0.1) is 0 Å². The Morgan fingerprint density at radius 3 is 1.29 bits per heavy atom. The first kappa shape index (κ1) is 20.5. The molecular formula is C21H40. The molecule has 0 unspecified atom stereocenters. The van der Waals surface area contributed by atoms with Crippen LogP contribution >= 0.6 is 0 Å². The van der Waals surface area contributed by atoms with E-state index in [0.717, 1.165) is 0 Å². The van der Waals surface area contributed by atoms with Crippen LogP contribution in [0.4, 0.5) is 0 Å². The van der Waals surface area contributed by atoms with E-state index in [1.807, 2.05) is 0 Å². The second-order valence-electron chi connectivity index (χ2n) is 6.28. The molecular weight excluding hydrogens is 252 g/mol. The van der Waals surface area contributed by atoms with E-state index in [2.05, 4.69) is 38.2 Å². The predicted octanol–water partition coefficient (Wildman–Crippen LogP) is 7.99. The summed E-state index contributed by atoms with van der Waals surface area (Å²) in [6, 6.07) is 0. The Morgan fingerprint density at radius 1 is 0.381 bits per heavy atom. The lowest BCUT2D eigenvalue weighted by Gasteiger charge is -2.00. The zero-order valence-electron chi connectivity index (χ0n) is 14.9. The molecule has 0 rings (SSSR count). The van der Waals surface area contributed by atoms with Gasteiger partial charge in [0.25, 0.3) is 0 Å². The summed E-state index contributed by atoms with van der Waals surface area (Å²) in [5.41, 5.74) is 0. The molecule has 0 aromatic rings. The molecule has 0 saturated heterocycles. The highest BCUT2D eigenvalue weighted by Gasteiger charge is 1.91. The summed E-state index contributed by atoms with van der Waals surface area (Å²) in [6.45, 7) is 4.54. The summed E-state index contributed by atoms with van der Waals surface area (Å²) in [6.07, 6.45) is 30.0. The third kappa shape index (κ3) is 19.5. The quantitative estimate of drug-likeness (QED) is 0.200. The fourth-order valence-corrected chi connectivity index (χ4v) is 2.56. The van der Waals surface area contributed by atoms with E-state index in [0.29, 0.717) is 0 Å². The van der Waals surface area contributed by atoms with Gasteiger partial charge in [0, 0.05) is 0 Å². The normalized spacial score (nSPS) is 11.9. The Hall–Kier alpha value is -0.520. The highest BCUT2D eigenvalue weighted by molar-refractivity contribution is 4.87. The van der Waals surface area contributed by atoms with Crippen LogP contribution < -0.4 is 0 Å². The van der Waals surface area contributed by atoms with Gasteiger partial charge in [-0.2, -0.15) is 0 Å². The van der Waals surface area contributed by atoms with Crippen molar-refractivity contribution in [3.63, 3.8) is 0 Å². The maximum Gasteiger partial charge on any atom is -0.0316 e. The summed E-state index contributed by atoms with van der Waals surface area (Å²) >= 11 is 0. The molecule has 0 aromatic heterocycles. The molecule has 0 atom stereocenters. The monoisotopic (exact) mass is 292 g/mol. The highest BCUT2D eigenvalue weighted by atomic mass is 14.0. The molecule has 124 valence electrons. The zero-order chi connectivity index (χ0) is 15.4. The third-order valence-electron chi connectivity index (χ3n) is 4.03. The van der Waals surface area contributed by atoms with Crippen molar-refractivity contribution in [2.24, 2.45) is 0 Å². The zero-order valence-corrected chi connectivity index (χ0v) is 14.9. The lowest BCUT2D eigenvalue weighted by atomic mass is 10.1. The topological polar surface area (TPSA) is 0 Å². The van der Waals surface area contributed by atoms with Gasteiger partial charge in [-0.3, -0.25) is 0 Å². The minimum atomic E-state index is 1.22. The van der Waals surface area contributed by atoms with Crippen molar-refractivity contribution < 1.29 is 0 Å². The second kappa shape index (κ2) is 19.5. The summed E-state index contributed by atoms with van der Waals surface area (Å²) in [5.74, 6) is 0. The highest BCUT2D eigenvalue weighted by Crippen LogP contribution is 2.10. The molecule has 0 aliphatic rings. The molecule has 0 heteroatoms. The first-order chi connectivity index (χ1) is 10.4. The summed E-state index contributed by atoms with van der Waals surface area (Å²) in [7, 11) is 0. The van der Waals surface area contributed by atoms with Gasteiger partial charge in [-0.25, -0.2) is 0 Å². The van der Waals surface area contributed by atoms with Gasteiger partial charge in [-0.15, -0.1) is 0 Å². The van der Waals surface area contributed by atoms with E-state index in [-0.39, 0.29) is 0 Å². The Kier molecular flexibility index (Phi) is 19.0. The predicted molar refractivity (Wildman–Crippen MR) is 98.9 cm³/mol. The molecule has 0 spiro atoms. The summed E-state index contributed by atoms with van der Waals surface area (Å²) < 4.78 is 0. The van der Waals surface area contributed by atoms with Crippen LogP contribution in [0.3, 0.4) is 0 Å². The fraction of sp³-hybridized carbons (Fsp3) is 0.810. The molecule has 0 fully saturated rings. The SMILES string of the molecule is CCCCC=CCCC=CCCCCCCCCCCC. The van der Waals surface area contributed by atoms with Crippen LogP contribution in [0.5, 0.6) is 0 Å². The van der Waals surface area contributed by atoms with Gasteiger partial charge in [0.15, 0.2) is 0 Å². The fourth-order valence-electron chi connectivity index (χ4n) is 2.56. The Labute approximate surface area is 135 Å². The van der Waals surface area contributed by atoms with Crippen molar-refractivity contribution in [2.45, 2.75) is 110 Å². The molecule has 0 N–H and O–H groups in total. The summed E-state index contributed by atoms with van der Waals surface area (Å²) in [4.78, 5) is 0. The molecule has 0 radical (unpaired) electrons. The van der Waals surface area contributed by atoms with Crippen molar-refractivity contribution in [1.82, 2.24) is 0 Å². The molecule has 0 aliphatic carbocycles. The Bertz CT molecular complexity index is 224. The van der Waals surface area contributed by atoms with Crippen LogP contribution in [0.25, 0.3) is 0 Å². The third-order valence-corrected chi connectivity index (χ3v) is 4.03. The van der Waals surface area contributed by atoms with E-state index in [4.69, 9.17) is 0 Å². The van der Waals surface area contributed by atoms with Crippen LogP contribution in [-0.4, -0.2) is 0 Å². The second-order valence-corrected chi connectivity index (χ2v) is 6.28. The average molecular weight is 293 g/mol. The number of unbranched alkanes of at least 4 members (excludes halogenated alkanes) is 12. The van der Waals surface area contributed by atoms with E-state index in [1.54, 1.807) is 0 Å². The van der Waals surface area contributed by atoms with E-state index in [9.17, 15) is 0 Å². The van der Waals surface area contributed by atoms with E-state index < -0.39 is 0 Å². The average Bonchev–Trinajstić information content (AvgIpc) is 2.50. The molecule has 0 saturated carbocycles. The van der Waals surface area contributed by atoms with E-state index in [1.165, 1.54) is 96.3 Å². The lowest BCUT2D eigenvalue weighted by Crippen LogP contribution is -1.80. The van der Waals surface area contributed by atoms with Crippen molar-refractivity contribution in [3.05, 3.63) is 24.3 Å². The molecule has 0 nitrogen and oxygen atoms in total. The molecule has 21 heavy (non-hydrogen) atoms. The maximum absolute atomic E-state index is 2.39. The lowest BCUT2D eigenvalue weighted by molar-refractivity contribution is 0.566. The first-order valence-electron chi connectivity index (χ1n) is 9.71. The van der Waals surface area contributed by atoms with Gasteiger partial charge in [0.1, 0.15) is 0 Å². The van der Waals surface area contributed by atoms with Gasteiger partial charge in [-0.1, -0.05) is 102 Å². The van der Waals surface area contributed by atoms with Crippen molar-refractivity contribution in [2.75, 3.05) is 0 Å². The van der Waals surface area contributed by atoms with E-state index >= 15 is 0 Å². The Balaban J connectivity index is 3.10. The van der Waals surface area contributed by atoms with Crippen molar-refractivity contribution >= 4 is 0 Å². The van der Waals surface area contributed by atoms with Gasteiger partial charge in [0.2, 0.25) is 0 Å². The van der Waals surface area contributed by atoms with Gasteiger partial charge >= 0.3 is 0 Å². The van der Waals surface area contributed by atoms with Gasteiger partial charge in [-0.05, 0) is 32.1 Å². The molecule has 0 heterocycles. The molecule has 0 aromatic carbocycles. The van der Waals surface area contributed by atoms with Crippen LogP contribution in [0.15, 0.2) is 24.3 Å². The van der Waals surface area contributed by atoms with Crippen molar-refractivity contribution in [3.8, 4) is 0 Å². The van der Waals surface area contributed by atoms with Crippen LogP contribution in [-0.2, 0) is 0 Å². The minimum absolute atomic E-state index is 1.22. The number of hydrogen-bond acceptors (Lipinski definition) is 0. The largest absolute Gasteiger partial charge is 0.0885 e. The van der Waals surface area contributed by atoms with Gasteiger partial charge < -0.3 is 0 Å². The molecule has 0 bridgehead atoms. The molecule has 0 amide bonds. The minimum Gasteiger partial charge on any atom is -0.0885 e. The van der Waals surface area contributed by atoms with Crippen LogP contribution in [0.1, 0.15) is 110 Å². The number of rotatable bonds is 16. The standard InChI is InChI=1S/C21H40/c1-3-5-7-9-11-13-15-17-19-21-20-18-16-14-12-10-8-6-4-2/h9,11,17,19H,3-8,10,12-16,18,20-21H2,1-2H3. The number of hydrogen-bond donors (Lipinski definition) is 0. The van der Waals surface area contributed by atoms with Crippen molar-refractivity contribution in [1.29, 1.82) is 0 Å². The first-order valence-corrected chi connectivity index (χ1v) is 9.71. The van der Waals surface area contributed by atoms with Crippen LogP contribution in [0.2, 0.25) is 0 Å². The molecule has 0 aliphatic heterocycles. The number of allylic oxidation sites excluding steroid dienone is 4. The maximum atomic E-state index is 2.39. The Morgan fingerprint density at radius 2 is 0.762 bits per heavy atom. The summed E-state index contributed by atoms with van der Waals surface area (Å²) in [5, 5.41) is 0. The smallest absolute Gasteiger partial charge is 0.0316 e.